The Balaban J connectivity index is 2.10. The van der Waals surface area contributed by atoms with E-state index in [1.54, 1.807) is 0 Å². The highest BCUT2D eigenvalue weighted by Crippen LogP contribution is 2.33. The summed E-state index contributed by atoms with van der Waals surface area (Å²) in [5, 5.41) is 0. The molecule has 0 saturated heterocycles. The van der Waals surface area contributed by atoms with Gasteiger partial charge in [-0.1, -0.05) is 19.9 Å². The lowest BCUT2D eigenvalue weighted by molar-refractivity contribution is 0.171. The van der Waals surface area contributed by atoms with Crippen LogP contribution in [0.25, 0.3) is 0 Å². The highest BCUT2D eigenvalue weighted by atomic mass is 16.6. The van der Waals surface area contributed by atoms with Gasteiger partial charge in [-0.2, -0.15) is 0 Å². The zero-order valence-electron chi connectivity index (χ0n) is 11.1. The maximum Gasteiger partial charge on any atom is 0.161 e. The number of hydrogen-bond acceptors (Lipinski definition) is 4. The largest absolute Gasteiger partial charge is 0.486 e. The van der Waals surface area contributed by atoms with E-state index < -0.39 is 0 Å². The summed E-state index contributed by atoms with van der Waals surface area (Å²) >= 11 is 0. The van der Waals surface area contributed by atoms with E-state index in [1.165, 1.54) is 0 Å². The molecule has 1 unspecified atom stereocenters. The lowest BCUT2D eigenvalue weighted by Crippen LogP contribution is -2.28. The van der Waals surface area contributed by atoms with E-state index in [1.807, 2.05) is 12.1 Å². The number of rotatable bonds is 5. The minimum atomic E-state index is 0.170. The first-order valence-electron chi connectivity index (χ1n) is 6.56. The number of nitrogens with one attached hydrogen (secondary N) is 1. The number of fused-ring (bicyclic) bond motifs is 1. The number of ether oxygens (including phenoxy) is 2. The second-order valence-electron chi connectivity index (χ2n) is 5.09. The average molecular weight is 250 g/mol. The molecule has 0 aromatic heterocycles. The summed E-state index contributed by atoms with van der Waals surface area (Å²) in [5.41, 5.74) is 4.04. The normalized spacial score (nSPS) is 15.8. The molecular weight excluding hydrogens is 228 g/mol. The van der Waals surface area contributed by atoms with Crippen LogP contribution in [0.3, 0.4) is 0 Å². The predicted molar refractivity (Wildman–Crippen MR) is 71.6 cm³/mol. The Morgan fingerprint density at radius 1 is 1.17 bits per heavy atom. The Morgan fingerprint density at radius 2 is 1.89 bits per heavy atom. The number of benzene rings is 1. The van der Waals surface area contributed by atoms with E-state index in [9.17, 15) is 0 Å². The zero-order valence-corrected chi connectivity index (χ0v) is 11.1. The van der Waals surface area contributed by atoms with Crippen LogP contribution in [0.2, 0.25) is 0 Å². The summed E-state index contributed by atoms with van der Waals surface area (Å²) < 4.78 is 11.1. The van der Waals surface area contributed by atoms with Crippen LogP contribution >= 0.6 is 0 Å². The Bertz CT molecular complexity index is 393. The van der Waals surface area contributed by atoms with Crippen LogP contribution in [-0.4, -0.2) is 13.2 Å². The average Bonchev–Trinajstić information content (AvgIpc) is 2.39. The van der Waals surface area contributed by atoms with Crippen molar-refractivity contribution in [3.63, 3.8) is 0 Å². The number of nitrogens with two attached hydrogens (primary N) is 1. The van der Waals surface area contributed by atoms with Crippen LogP contribution in [-0.2, 0) is 0 Å². The number of hydrogen-bond donors (Lipinski definition) is 2. The summed E-state index contributed by atoms with van der Waals surface area (Å²) in [6, 6.07) is 6.21. The fourth-order valence-electron chi connectivity index (χ4n) is 2.12. The highest BCUT2D eigenvalue weighted by molar-refractivity contribution is 5.44. The molecule has 18 heavy (non-hydrogen) atoms. The molecule has 0 spiro atoms. The SMILES string of the molecule is CC(C)CCC(NN)c1ccc2c(c1)OCCO2. The molecule has 0 bridgehead atoms. The van der Waals surface area contributed by atoms with Gasteiger partial charge in [0.25, 0.3) is 0 Å². The van der Waals surface area contributed by atoms with Gasteiger partial charge in [-0.05, 0) is 36.5 Å². The molecule has 0 radical (unpaired) electrons. The third kappa shape index (κ3) is 3.15. The smallest absolute Gasteiger partial charge is 0.161 e. The minimum absolute atomic E-state index is 0.170. The van der Waals surface area contributed by atoms with E-state index in [2.05, 4.69) is 25.3 Å². The summed E-state index contributed by atoms with van der Waals surface area (Å²) in [4.78, 5) is 0. The van der Waals surface area contributed by atoms with Gasteiger partial charge in [-0.25, -0.2) is 0 Å². The van der Waals surface area contributed by atoms with Crippen LogP contribution < -0.4 is 20.7 Å². The molecule has 2 rings (SSSR count). The van der Waals surface area contributed by atoms with Crippen LogP contribution in [0.1, 0.15) is 38.3 Å². The molecule has 1 aliphatic heterocycles. The molecule has 0 amide bonds. The molecule has 4 heteroatoms. The van der Waals surface area contributed by atoms with Crippen molar-refractivity contribution < 1.29 is 9.47 Å². The maximum atomic E-state index is 5.65. The molecule has 3 N–H and O–H groups in total. The Hall–Kier alpha value is -1.26. The molecule has 4 nitrogen and oxygen atoms in total. The van der Waals surface area contributed by atoms with E-state index in [0.29, 0.717) is 19.1 Å². The lowest BCUT2D eigenvalue weighted by atomic mass is 9.98. The van der Waals surface area contributed by atoms with Crippen LogP contribution in [0.5, 0.6) is 11.5 Å². The first-order chi connectivity index (χ1) is 8.70. The summed E-state index contributed by atoms with van der Waals surface area (Å²) in [7, 11) is 0. The second-order valence-corrected chi connectivity index (χ2v) is 5.09. The molecule has 0 aliphatic carbocycles. The fourth-order valence-corrected chi connectivity index (χ4v) is 2.12. The maximum absolute atomic E-state index is 5.65. The van der Waals surface area contributed by atoms with Crippen molar-refractivity contribution in [2.24, 2.45) is 11.8 Å². The standard InChI is InChI=1S/C14H22N2O2/c1-10(2)3-5-12(16-15)11-4-6-13-14(9-11)18-8-7-17-13/h4,6,9-10,12,16H,3,5,7-8,15H2,1-2H3. The monoisotopic (exact) mass is 250 g/mol. The van der Waals surface area contributed by atoms with Crippen LogP contribution in [0, 0.1) is 5.92 Å². The van der Waals surface area contributed by atoms with Gasteiger partial charge in [0.2, 0.25) is 0 Å². The van der Waals surface area contributed by atoms with E-state index in [0.717, 1.165) is 29.9 Å². The number of hydrazine groups is 1. The lowest BCUT2D eigenvalue weighted by Gasteiger charge is -2.22. The van der Waals surface area contributed by atoms with Gasteiger partial charge in [0.05, 0.1) is 0 Å². The van der Waals surface area contributed by atoms with Crippen molar-refractivity contribution in [3.8, 4) is 11.5 Å². The second kappa shape index (κ2) is 6.07. The molecule has 1 aromatic rings. The van der Waals surface area contributed by atoms with Gasteiger partial charge in [-0.3, -0.25) is 11.3 Å². The summed E-state index contributed by atoms with van der Waals surface area (Å²) in [6.07, 6.45) is 2.16. The summed E-state index contributed by atoms with van der Waals surface area (Å²) in [6.45, 7) is 5.68. The first kappa shape index (κ1) is 13.2. The van der Waals surface area contributed by atoms with Gasteiger partial charge in [0.1, 0.15) is 13.2 Å². The Morgan fingerprint density at radius 3 is 2.56 bits per heavy atom. The highest BCUT2D eigenvalue weighted by Gasteiger charge is 2.16. The predicted octanol–water partition coefficient (Wildman–Crippen LogP) is 2.40. The third-order valence-electron chi connectivity index (χ3n) is 3.20. The molecule has 1 aliphatic rings. The van der Waals surface area contributed by atoms with Crippen molar-refractivity contribution in [1.29, 1.82) is 0 Å². The van der Waals surface area contributed by atoms with Crippen molar-refractivity contribution in [1.82, 2.24) is 5.43 Å². The molecule has 0 fully saturated rings. The molecule has 1 atom stereocenters. The van der Waals surface area contributed by atoms with Gasteiger partial charge in [0.15, 0.2) is 11.5 Å². The molecule has 1 heterocycles. The Kier molecular flexibility index (Phi) is 4.44. The van der Waals surface area contributed by atoms with E-state index in [-0.39, 0.29) is 6.04 Å². The topological polar surface area (TPSA) is 56.5 Å². The van der Waals surface area contributed by atoms with E-state index in [4.69, 9.17) is 15.3 Å². The van der Waals surface area contributed by atoms with Crippen molar-refractivity contribution in [2.75, 3.05) is 13.2 Å². The first-order valence-corrected chi connectivity index (χ1v) is 6.56. The van der Waals surface area contributed by atoms with Crippen molar-refractivity contribution in [2.45, 2.75) is 32.7 Å². The minimum Gasteiger partial charge on any atom is -0.486 e. The molecule has 1 aromatic carbocycles. The van der Waals surface area contributed by atoms with Gasteiger partial charge < -0.3 is 9.47 Å². The molecule has 100 valence electrons. The third-order valence-corrected chi connectivity index (χ3v) is 3.20. The molecule has 0 saturated carbocycles. The van der Waals surface area contributed by atoms with Crippen molar-refractivity contribution in [3.05, 3.63) is 23.8 Å². The van der Waals surface area contributed by atoms with Gasteiger partial charge >= 0.3 is 0 Å². The van der Waals surface area contributed by atoms with Gasteiger partial charge in [0, 0.05) is 6.04 Å². The van der Waals surface area contributed by atoms with Crippen LogP contribution in [0.4, 0.5) is 0 Å². The molecular formula is C14H22N2O2. The van der Waals surface area contributed by atoms with E-state index >= 15 is 0 Å². The van der Waals surface area contributed by atoms with Crippen LogP contribution in [0.15, 0.2) is 18.2 Å². The Labute approximate surface area is 108 Å². The van der Waals surface area contributed by atoms with Crippen molar-refractivity contribution >= 4 is 0 Å². The fraction of sp³-hybridized carbons (Fsp3) is 0.571. The zero-order chi connectivity index (χ0) is 13.0. The summed E-state index contributed by atoms with van der Waals surface area (Å²) in [5.74, 6) is 7.97. The quantitative estimate of drug-likeness (QED) is 0.622. The van der Waals surface area contributed by atoms with Gasteiger partial charge in [-0.15, -0.1) is 0 Å².